The van der Waals surface area contributed by atoms with Gasteiger partial charge in [-0.3, -0.25) is 0 Å². The standard InChI is InChI=1S/C13H18BrNO2/c1-13(9-17-6-5-16-2)8-15-12-7-10(14)3-4-11(12)13/h3-4,7,15H,5-6,8-9H2,1-2H3. The first-order valence-corrected chi connectivity index (χ1v) is 6.55. The number of hydrogen-bond acceptors (Lipinski definition) is 3. The van der Waals surface area contributed by atoms with Gasteiger partial charge < -0.3 is 14.8 Å². The molecule has 17 heavy (non-hydrogen) atoms. The summed E-state index contributed by atoms with van der Waals surface area (Å²) in [5.41, 5.74) is 2.60. The number of benzene rings is 1. The van der Waals surface area contributed by atoms with Gasteiger partial charge in [0.1, 0.15) is 0 Å². The number of hydrogen-bond donors (Lipinski definition) is 1. The SMILES string of the molecule is COCCOCC1(C)CNc2cc(Br)ccc21. The van der Waals surface area contributed by atoms with Gasteiger partial charge in [0.15, 0.2) is 0 Å². The van der Waals surface area contributed by atoms with Crippen molar-refractivity contribution in [3.63, 3.8) is 0 Å². The average Bonchev–Trinajstić information content (AvgIpc) is 2.63. The van der Waals surface area contributed by atoms with Crippen LogP contribution in [0.4, 0.5) is 5.69 Å². The summed E-state index contributed by atoms with van der Waals surface area (Å²) in [5, 5.41) is 3.43. The molecule has 3 nitrogen and oxygen atoms in total. The first-order valence-electron chi connectivity index (χ1n) is 5.76. The predicted octanol–water partition coefficient (Wildman–Crippen LogP) is 2.80. The molecule has 0 bridgehead atoms. The van der Waals surface area contributed by atoms with Crippen LogP contribution in [0.2, 0.25) is 0 Å². The van der Waals surface area contributed by atoms with Gasteiger partial charge in [0, 0.05) is 29.2 Å². The van der Waals surface area contributed by atoms with E-state index < -0.39 is 0 Å². The second-order valence-corrected chi connectivity index (χ2v) is 5.57. The van der Waals surface area contributed by atoms with Gasteiger partial charge in [0.05, 0.1) is 19.8 Å². The Kier molecular flexibility index (Phi) is 4.07. The molecule has 1 unspecified atom stereocenters. The van der Waals surface area contributed by atoms with Crippen molar-refractivity contribution in [2.45, 2.75) is 12.3 Å². The van der Waals surface area contributed by atoms with Crippen LogP contribution < -0.4 is 5.32 Å². The molecule has 1 aliphatic rings. The van der Waals surface area contributed by atoms with E-state index >= 15 is 0 Å². The van der Waals surface area contributed by atoms with Crippen molar-refractivity contribution >= 4 is 21.6 Å². The topological polar surface area (TPSA) is 30.5 Å². The fraction of sp³-hybridized carbons (Fsp3) is 0.538. The fourth-order valence-electron chi connectivity index (χ4n) is 2.14. The van der Waals surface area contributed by atoms with Crippen LogP contribution in [0.25, 0.3) is 0 Å². The average molecular weight is 300 g/mol. The van der Waals surface area contributed by atoms with E-state index in [1.54, 1.807) is 7.11 Å². The molecule has 0 saturated carbocycles. The quantitative estimate of drug-likeness (QED) is 0.848. The third-order valence-electron chi connectivity index (χ3n) is 3.15. The lowest BCUT2D eigenvalue weighted by molar-refractivity contribution is 0.0486. The molecular weight excluding hydrogens is 282 g/mol. The molecular formula is C13H18BrNO2. The molecule has 2 rings (SSSR count). The van der Waals surface area contributed by atoms with Gasteiger partial charge in [-0.2, -0.15) is 0 Å². The van der Waals surface area contributed by atoms with Crippen LogP contribution >= 0.6 is 15.9 Å². The highest BCUT2D eigenvalue weighted by molar-refractivity contribution is 9.10. The molecule has 0 fully saturated rings. The van der Waals surface area contributed by atoms with Crippen molar-refractivity contribution in [2.24, 2.45) is 0 Å². The summed E-state index contributed by atoms with van der Waals surface area (Å²) < 4.78 is 11.8. The number of nitrogens with one attached hydrogen (secondary N) is 1. The van der Waals surface area contributed by atoms with Crippen LogP contribution in [0.5, 0.6) is 0 Å². The number of rotatable bonds is 5. The third kappa shape index (κ3) is 2.81. The molecule has 0 spiro atoms. The fourth-order valence-corrected chi connectivity index (χ4v) is 2.50. The van der Waals surface area contributed by atoms with Gasteiger partial charge in [0.2, 0.25) is 0 Å². The van der Waals surface area contributed by atoms with Gasteiger partial charge in [-0.1, -0.05) is 28.9 Å². The van der Waals surface area contributed by atoms with Crippen molar-refractivity contribution in [1.82, 2.24) is 0 Å². The van der Waals surface area contributed by atoms with Gasteiger partial charge >= 0.3 is 0 Å². The summed E-state index contributed by atoms with van der Waals surface area (Å²) in [4.78, 5) is 0. The minimum absolute atomic E-state index is 0.0593. The summed E-state index contributed by atoms with van der Waals surface area (Å²) in [7, 11) is 1.69. The van der Waals surface area contributed by atoms with Crippen molar-refractivity contribution in [1.29, 1.82) is 0 Å². The number of ether oxygens (including phenoxy) is 2. The van der Waals surface area contributed by atoms with Crippen LogP contribution in [0.1, 0.15) is 12.5 Å². The molecule has 1 aromatic rings. The molecule has 1 atom stereocenters. The first kappa shape index (κ1) is 12.9. The monoisotopic (exact) mass is 299 g/mol. The van der Waals surface area contributed by atoms with E-state index in [0.717, 1.165) is 17.6 Å². The summed E-state index contributed by atoms with van der Waals surface area (Å²) in [6.45, 7) is 5.17. The zero-order chi connectivity index (χ0) is 12.3. The molecule has 1 aliphatic heterocycles. The minimum Gasteiger partial charge on any atom is -0.384 e. The Morgan fingerprint density at radius 3 is 3.00 bits per heavy atom. The maximum absolute atomic E-state index is 5.67. The smallest absolute Gasteiger partial charge is 0.0700 e. The maximum atomic E-state index is 5.67. The Morgan fingerprint density at radius 1 is 1.41 bits per heavy atom. The molecule has 1 N–H and O–H groups in total. The lowest BCUT2D eigenvalue weighted by Crippen LogP contribution is -2.31. The zero-order valence-electron chi connectivity index (χ0n) is 10.3. The Labute approximate surface area is 111 Å². The van der Waals surface area contributed by atoms with Crippen molar-refractivity contribution in [3.8, 4) is 0 Å². The van der Waals surface area contributed by atoms with Crippen LogP contribution in [0.15, 0.2) is 22.7 Å². The van der Waals surface area contributed by atoms with Crippen LogP contribution in [0.3, 0.4) is 0 Å². The molecule has 94 valence electrons. The Hall–Kier alpha value is -0.580. The van der Waals surface area contributed by atoms with Crippen LogP contribution in [-0.4, -0.2) is 33.5 Å². The van der Waals surface area contributed by atoms with Crippen molar-refractivity contribution in [2.75, 3.05) is 38.8 Å². The van der Waals surface area contributed by atoms with Gasteiger partial charge in [-0.15, -0.1) is 0 Å². The highest BCUT2D eigenvalue weighted by Gasteiger charge is 2.34. The normalized spacial score (nSPS) is 22.3. The summed E-state index contributed by atoms with van der Waals surface area (Å²) in [6.07, 6.45) is 0. The Morgan fingerprint density at radius 2 is 2.24 bits per heavy atom. The molecule has 4 heteroatoms. The lowest BCUT2D eigenvalue weighted by atomic mass is 9.85. The second-order valence-electron chi connectivity index (χ2n) is 4.65. The van der Waals surface area contributed by atoms with Gasteiger partial charge in [0.25, 0.3) is 0 Å². The van der Waals surface area contributed by atoms with E-state index in [2.05, 4.69) is 46.4 Å². The first-order chi connectivity index (χ1) is 8.15. The highest BCUT2D eigenvalue weighted by atomic mass is 79.9. The predicted molar refractivity (Wildman–Crippen MR) is 72.7 cm³/mol. The zero-order valence-corrected chi connectivity index (χ0v) is 11.8. The Bertz CT molecular complexity index is 397. The van der Waals surface area contributed by atoms with Crippen LogP contribution in [0, 0.1) is 0 Å². The van der Waals surface area contributed by atoms with E-state index in [9.17, 15) is 0 Å². The summed E-state index contributed by atoms with van der Waals surface area (Å²) >= 11 is 3.49. The van der Waals surface area contributed by atoms with E-state index in [1.165, 1.54) is 11.3 Å². The van der Waals surface area contributed by atoms with Crippen molar-refractivity contribution in [3.05, 3.63) is 28.2 Å². The second kappa shape index (κ2) is 5.38. The summed E-state index contributed by atoms with van der Waals surface area (Å²) in [6, 6.07) is 6.37. The molecule has 1 heterocycles. The maximum Gasteiger partial charge on any atom is 0.0700 e. The highest BCUT2D eigenvalue weighted by Crippen LogP contribution is 2.38. The van der Waals surface area contributed by atoms with Gasteiger partial charge in [-0.05, 0) is 17.7 Å². The van der Waals surface area contributed by atoms with E-state index in [4.69, 9.17) is 9.47 Å². The largest absolute Gasteiger partial charge is 0.384 e. The van der Waals surface area contributed by atoms with Crippen LogP contribution in [-0.2, 0) is 14.9 Å². The molecule has 1 aromatic carbocycles. The number of halogens is 1. The molecule has 0 aromatic heterocycles. The molecule has 0 amide bonds. The third-order valence-corrected chi connectivity index (χ3v) is 3.65. The van der Waals surface area contributed by atoms with Gasteiger partial charge in [-0.25, -0.2) is 0 Å². The number of methoxy groups -OCH3 is 1. The van der Waals surface area contributed by atoms with E-state index in [-0.39, 0.29) is 5.41 Å². The summed E-state index contributed by atoms with van der Waals surface area (Å²) in [5.74, 6) is 0. The van der Waals surface area contributed by atoms with E-state index in [0.29, 0.717) is 13.2 Å². The van der Waals surface area contributed by atoms with Crippen molar-refractivity contribution < 1.29 is 9.47 Å². The molecule has 0 radical (unpaired) electrons. The molecule has 0 aliphatic carbocycles. The lowest BCUT2D eigenvalue weighted by Gasteiger charge is -2.23. The van der Waals surface area contributed by atoms with E-state index in [1.807, 2.05) is 0 Å². The Balaban J connectivity index is 2.03. The number of anilines is 1. The molecule has 0 saturated heterocycles. The number of fused-ring (bicyclic) bond motifs is 1. The minimum atomic E-state index is 0.0593.